The van der Waals surface area contributed by atoms with Crippen molar-refractivity contribution < 1.29 is 13.6 Å². The van der Waals surface area contributed by atoms with Crippen molar-refractivity contribution in [2.75, 3.05) is 11.1 Å². The number of thioether (sulfide) groups is 1. The fraction of sp³-hybridized carbons (Fsp3) is 0.167. The van der Waals surface area contributed by atoms with Crippen molar-refractivity contribution in [1.82, 2.24) is 10.2 Å². The molecule has 3 rings (SSSR count). The lowest BCUT2D eigenvalue weighted by Gasteiger charge is -2.00. The minimum atomic E-state index is -0.340. The predicted octanol–water partition coefficient (Wildman–Crippen LogP) is 4.79. The number of carbonyl (C=O) groups is 1. The molecule has 5 nitrogen and oxygen atoms in total. The van der Waals surface area contributed by atoms with Crippen LogP contribution in [0.1, 0.15) is 12.2 Å². The van der Waals surface area contributed by atoms with Gasteiger partial charge in [0.05, 0.1) is 5.56 Å². The van der Waals surface area contributed by atoms with E-state index in [1.807, 2.05) is 0 Å². The van der Waals surface area contributed by atoms with E-state index in [0.29, 0.717) is 28.6 Å². The average Bonchev–Trinajstić information content (AvgIpc) is 3.28. The molecule has 134 valence electrons. The van der Waals surface area contributed by atoms with E-state index in [0.717, 1.165) is 10.1 Å². The molecule has 0 radical (unpaired) electrons. The summed E-state index contributed by atoms with van der Waals surface area (Å²) in [5.41, 5.74) is 0.404. The second kappa shape index (κ2) is 8.77. The van der Waals surface area contributed by atoms with Gasteiger partial charge >= 0.3 is 0 Å². The standard InChI is InChI=1S/C18H16FN3O2S2/c1-2-11-25-18-22-21-17(26-18)20-16(23)10-8-12-7-9-15(24-12)13-5-3-4-6-14(13)19/h2-7,9H,1,8,10-11H2,(H,20,21,23). The first-order valence-corrected chi connectivity index (χ1v) is 9.66. The molecule has 26 heavy (non-hydrogen) atoms. The minimum absolute atomic E-state index is 0.176. The molecule has 2 aromatic heterocycles. The van der Waals surface area contributed by atoms with E-state index in [-0.39, 0.29) is 18.1 Å². The Hall–Kier alpha value is -2.45. The van der Waals surface area contributed by atoms with Gasteiger partial charge in [-0.3, -0.25) is 4.79 Å². The van der Waals surface area contributed by atoms with Crippen LogP contribution in [-0.2, 0) is 11.2 Å². The number of amides is 1. The molecule has 3 aromatic rings. The molecule has 0 unspecified atom stereocenters. The number of nitrogens with one attached hydrogen (secondary N) is 1. The maximum Gasteiger partial charge on any atom is 0.226 e. The molecule has 0 saturated carbocycles. The number of nitrogens with zero attached hydrogens (tertiary/aromatic N) is 2. The molecular formula is C18H16FN3O2S2. The van der Waals surface area contributed by atoms with Gasteiger partial charge in [0, 0.05) is 18.6 Å². The quantitative estimate of drug-likeness (QED) is 0.341. The number of aromatic nitrogens is 2. The molecule has 0 aliphatic heterocycles. The second-order valence-electron chi connectivity index (χ2n) is 5.27. The molecule has 0 saturated heterocycles. The smallest absolute Gasteiger partial charge is 0.226 e. The second-order valence-corrected chi connectivity index (χ2v) is 7.51. The maximum absolute atomic E-state index is 13.8. The van der Waals surface area contributed by atoms with Crippen molar-refractivity contribution in [3.8, 4) is 11.3 Å². The minimum Gasteiger partial charge on any atom is -0.461 e. The fourth-order valence-corrected chi connectivity index (χ4v) is 3.71. The Morgan fingerprint density at radius 2 is 2.15 bits per heavy atom. The van der Waals surface area contributed by atoms with Crippen LogP contribution in [-0.4, -0.2) is 21.9 Å². The SMILES string of the molecule is C=CCSc1nnc(NC(=O)CCc2ccc(-c3ccccc3F)o2)s1. The zero-order chi connectivity index (χ0) is 18.4. The number of benzene rings is 1. The van der Waals surface area contributed by atoms with Crippen LogP contribution >= 0.6 is 23.1 Å². The summed E-state index contributed by atoms with van der Waals surface area (Å²) in [6, 6.07) is 9.87. The monoisotopic (exact) mass is 389 g/mol. The lowest BCUT2D eigenvalue weighted by atomic mass is 10.1. The average molecular weight is 389 g/mol. The highest BCUT2D eigenvalue weighted by molar-refractivity contribution is 8.01. The summed E-state index contributed by atoms with van der Waals surface area (Å²) in [7, 11) is 0. The van der Waals surface area contributed by atoms with E-state index < -0.39 is 0 Å². The number of anilines is 1. The van der Waals surface area contributed by atoms with Crippen LogP contribution in [0.2, 0.25) is 0 Å². The predicted molar refractivity (Wildman–Crippen MR) is 102 cm³/mol. The van der Waals surface area contributed by atoms with Crippen molar-refractivity contribution in [3.63, 3.8) is 0 Å². The molecule has 8 heteroatoms. The molecule has 0 bridgehead atoms. The Morgan fingerprint density at radius 1 is 1.31 bits per heavy atom. The molecular weight excluding hydrogens is 373 g/mol. The number of halogens is 1. The lowest BCUT2D eigenvalue weighted by Crippen LogP contribution is -2.11. The molecule has 2 heterocycles. The van der Waals surface area contributed by atoms with Crippen LogP contribution in [0.3, 0.4) is 0 Å². The maximum atomic E-state index is 13.8. The van der Waals surface area contributed by atoms with Crippen LogP contribution in [0.25, 0.3) is 11.3 Å². The largest absolute Gasteiger partial charge is 0.461 e. The van der Waals surface area contributed by atoms with Gasteiger partial charge in [0.1, 0.15) is 17.3 Å². The van der Waals surface area contributed by atoms with E-state index >= 15 is 0 Å². The summed E-state index contributed by atoms with van der Waals surface area (Å²) >= 11 is 2.83. The van der Waals surface area contributed by atoms with Crippen LogP contribution in [0.15, 0.2) is 57.8 Å². The zero-order valence-electron chi connectivity index (χ0n) is 13.8. The van der Waals surface area contributed by atoms with E-state index in [1.54, 1.807) is 36.4 Å². The number of aryl methyl sites for hydroxylation is 1. The Labute approximate surface area is 158 Å². The van der Waals surface area contributed by atoms with Gasteiger partial charge in [-0.25, -0.2) is 4.39 Å². The molecule has 1 aromatic carbocycles. The highest BCUT2D eigenvalue weighted by atomic mass is 32.2. The summed E-state index contributed by atoms with van der Waals surface area (Å²) in [5.74, 6) is 1.30. The first kappa shape index (κ1) is 18.3. The number of carbonyl (C=O) groups excluding carboxylic acids is 1. The van der Waals surface area contributed by atoms with Crippen molar-refractivity contribution in [1.29, 1.82) is 0 Å². The third kappa shape index (κ3) is 4.80. The number of hydrogen-bond acceptors (Lipinski definition) is 6. The van der Waals surface area contributed by atoms with E-state index in [2.05, 4.69) is 22.1 Å². The molecule has 1 amide bonds. The Bertz CT molecular complexity index is 907. The zero-order valence-corrected chi connectivity index (χ0v) is 15.4. The topological polar surface area (TPSA) is 68.0 Å². The highest BCUT2D eigenvalue weighted by Crippen LogP contribution is 2.26. The molecule has 0 atom stereocenters. The summed E-state index contributed by atoms with van der Waals surface area (Å²) in [6.07, 6.45) is 2.43. The molecule has 0 spiro atoms. The van der Waals surface area contributed by atoms with Gasteiger partial charge < -0.3 is 9.73 Å². The number of furan rings is 1. The van der Waals surface area contributed by atoms with Crippen LogP contribution in [0, 0.1) is 5.82 Å². The summed E-state index contributed by atoms with van der Waals surface area (Å²) in [6.45, 7) is 3.65. The van der Waals surface area contributed by atoms with Gasteiger partial charge in [-0.2, -0.15) is 0 Å². The van der Waals surface area contributed by atoms with Crippen LogP contribution in [0.4, 0.5) is 9.52 Å². The van der Waals surface area contributed by atoms with E-state index in [1.165, 1.54) is 29.2 Å². The molecule has 0 aliphatic rings. The van der Waals surface area contributed by atoms with Crippen molar-refractivity contribution in [2.45, 2.75) is 17.2 Å². The van der Waals surface area contributed by atoms with E-state index in [9.17, 15) is 9.18 Å². The summed E-state index contributed by atoms with van der Waals surface area (Å²) in [5, 5.41) is 11.1. The van der Waals surface area contributed by atoms with Crippen LogP contribution < -0.4 is 5.32 Å². The third-order valence-corrected chi connectivity index (χ3v) is 5.34. The first-order valence-electron chi connectivity index (χ1n) is 7.86. The van der Waals surface area contributed by atoms with E-state index in [4.69, 9.17) is 4.42 Å². The van der Waals surface area contributed by atoms with Gasteiger partial charge in [0.25, 0.3) is 0 Å². The van der Waals surface area contributed by atoms with Gasteiger partial charge in [0.15, 0.2) is 4.34 Å². The first-order chi connectivity index (χ1) is 12.7. The fourth-order valence-electron chi connectivity index (χ4n) is 2.19. The van der Waals surface area contributed by atoms with Gasteiger partial charge in [-0.15, -0.1) is 16.8 Å². The van der Waals surface area contributed by atoms with Crippen molar-refractivity contribution in [2.24, 2.45) is 0 Å². The van der Waals surface area contributed by atoms with Gasteiger partial charge in [-0.05, 0) is 24.3 Å². The number of hydrogen-bond donors (Lipinski definition) is 1. The van der Waals surface area contributed by atoms with Crippen molar-refractivity contribution >= 4 is 34.1 Å². The normalized spacial score (nSPS) is 10.7. The lowest BCUT2D eigenvalue weighted by molar-refractivity contribution is -0.116. The molecule has 1 N–H and O–H groups in total. The summed E-state index contributed by atoms with van der Waals surface area (Å²) in [4.78, 5) is 12.0. The highest BCUT2D eigenvalue weighted by Gasteiger charge is 2.12. The van der Waals surface area contributed by atoms with Crippen molar-refractivity contribution in [3.05, 3.63) is 60.6 Å². The van der Waals surface area contributed by atoms with Gasteiger partial charge in [0.2, 0.25) is 11.0 Å². The summed E-state index contributed by atoms with van der Waals surface area (Å²) < 4.78 is 20.2. The third-order valence-electron chi connectivity index (χ3n) is 3.38. The number of rotatable bonds is 8. The Kier molecular flexibility index (Phi) is 6.19. The Morgan fingerprint density at radius 3 is 2.96 bits per heavy atom. The Balaban J connectivity index is 1.53. The molecule has 0 aliphatic carbocycles. The molecule has 0 fully saturated rings. The van der Waals surface area contributed by atoms with Gasteiger partial charge in [-0.1, -0.05) is 41.3 Å². The van der Waals surface area contributed by atoms with Crippen LogP contribution in [0.5, 0.6) is 0 Å².